The maximum Gasteiger partial charge on any atom is 0.319 e. The van der Waals surface area contributed by atoms with E-state index < -0.39 is 0 Å². The molecule has 0 aliphatic heterocycles. The third kappa shape index (κ3) is 4.26. The van der Waals surface area contributed by atoms with E-state index in [1.807, 2.05) is 6.92 Å². The zero-order chi connectivity index (χ0) is 17.8. The highest BCUT2D eigenvalue weighted by atomic mass is 35.5. The van der Waals surface area contributed by atoms with Crippen molar-refractivity contribution >= 4 is 23.3 Å². The molecule has 0 bridgehead atoms. The van der Waals surface area contributed by atoms with Gasteiger partial charge < -0.3 is 15.4 Å². The Morgan fingerprint density at radius 2 is 1.88 bits per heavy atom. The highest BCUT2D eigenvalue weighted by Crippen LogP contribution is 2.28. The van der Waals surface area contributed by atoms with Gasteiger partial charge in [0.15, 0.2) is 0 Å². The van der Waals surface area contributed by atoms with E-state index in [0.717, 1.165) is 18.4 Å². The fourth-order valence-corrected chi connectivity index (χ4v) is 3.41. The molecule has 2 N–H and O–H groups in total. The normalized spacial score (nSPS) is 14.4. The van der Waals surface area contributed by atoms with Crippen LogP contribution in [0, 0.1) is 0 Å². The lowest BCUT2D eigenvalue weighted by Gasteiger charge is -2.20. The molecule has 3 rings (SSSR count). The first-order chi connectivity index (χ1) is 12.1. The number of ether oxygens (including phenoxy) is 1. The van der Waals surface area contributed by atoms with Crippen LogP contribution in [0.4, 0.5) is 10.5 Å². The number of hydrogen-bond acceptors (Lipinski definition) is 2. The Balaban J connectivity index is 1.67. The number of carbonyl (C=O) groups is 1. The summed E-state index contributed by atoms with van der Waals surface area (Å²) in [6.07, 6.45) is 4.80. The number of aryl methyl sites for hydroxylation is 2. The van der Waals surface area contributed by atoms with Crippen LogP contribution in [0.25, 0.3) is 0 Å². The highest BCUT2D eigenvalue weighted by Gasteiger charge is 2.15. The van der Waals surface area contributed by atoms with Crippen molar-refractivity contribution in [2.75, 3.05) is 12.4 Å². The van der Waals surface area contributed by atoms with Crippen molar-refractivity contribution in [2.45, 2.75) is 38.6 Å². The topological polar surface area (TPSA) is 50.4 Å². The second-order valence-electron chi connectivity index (χ2n) is 6.40. The summed E-state index contributed by atoms with van der Waals surface area (Å²) in [6.45, 7) is 1.99. The van der Waals surface area contributed by atoms with Crippen molar-refractivity contribution < 1.29 is 9.53 Å². The van der Waals surface area contributed by atoms with Crippen LogP contribution >= 0.6 is 11.6 Å². The summed E-state index contributed by atoms with van der Waals surface area (Å²) in [5.41, 5.74) is 4.52. The van der Waals surface area contributed by atoms with Crippen molar-refractivity contribution in [2.24, 2.45) is 0 Å². The predicted octanol–water partition coefficient (Wildman–Crippen LogP) is 5.11. The molecule has 132 valence electrons. The summed E-state index contributed by atoms with van der Waals surface area (Å²) in [6, 6.07) is 11.3. The molecule has 2 aromatic rings. The molecule has 1 atom stereocenters. The van der Waals surface area contributed by atoms with Crippen LogP contribution in [0.2, 0.25) is 5.02 Å². The molecule has 0 saturated heterocycles. The van der Waals surface area contributed by atoms with Crippen molar-refractivity contribution in [3.8, 4) is 5.75 Å². The molecule has 0 spiro atoms. The van der Waals surface area contributed by atoms with Gasteiger partial charge in [0.25, 0.3) is 0 Å². The molecule has 1 aliphatic rings. The minimum atomic E-state index is -0.286. The number of urea groups is 1. The first-order valence-electron chi connectivity index (χ1n) is 8.59. The third-order valence-electron chi connectivity index (χ3n) is 4.63. The van der Waals surface area contributed by atoms with E-state index in [1.165, 1.54) is 24.0 Å². The van der Waals surface area contributed by atoms with Crippen LogP contribution in [0.15, 0.2) is 36.4 Å². The number of anilines is 1. The van der Waals surface area contributed by atoms with Gasteiger partial charge in [0.05, 0.1) is 18.8 Å². The Hall–Kier alpha value is -2.20. The highest BCUT2D eigenvalue weighted by molar-refractivity contribution is 6.31. The molecule has 25 heavy (non-hydrogen) atoms. The quantitative estimate of drug-likeness (QED) is 0.797. The summed E-state index contributed by atoms with van der Waals surface area (Å²) in [5, 5.41) is 6.32. The van der Waals surface area contributed by atoms with Gasteiger partial charge in [0, 0.05) is 5.02 Å². The molecule has 0 radical (unpaired) electrons. The molecule has 0 aromatic heterocycles. The number of nitrogens with one attached hydrogen (secondary N) is 2. The lowest BCUT2D eigenvalue weighted by atomic mass is 9.89. The van der Waals surface area contributed by atoms with Gasteiger partial charge in [-0.15, -0.1) is 0 Å². The largest absolute Gasteiger partial charge is 0.495 e. The maximum atomic E-state index is 12.3. The average molecular weight is 359 g/mol. The minimum absolute atomic E-state index is 0.0857. The van der Waals surface area contributed by atoms with Gasteiger partial charge in [-0.1, -0.05) is 29.8 Å². The summed E-state index contributed by atoms with van der Waals surface area (Å²) in [4.78, 5) is 12.3. The summed E-state index contributed by atoms with van der Waals surface area (Å²) in [7, 11) is 1.56. The minimum Gasteiger partial charge on any atom is -0.495 e. The molecule has 1 unspecified atom stereocenters. The van der Waals surface area contributed by atoms with E-state index in [9.17, 15) is 4.79 Å². The Morgan fingerprint density at radius 1 is 1.12 bits per heavy atom. The molecule has 2 amide bonds. The molecule has 5 heteroatoms. The van der Waals surface area contributed by atoms with Gasteiger partial charge >= 0.3 is 6.03 Å². The zero-order valence-corrected chi connectivity index (χ0v) is 15.3. The zero-order valence-electron chi connectivity index (χ0n) is 14.6. The Bertz CT molecular complexity index is 776. The fraction of sp³-hybridized carbons (Fsp3) is 0.350. The van der Waals surface area contributed by atoms with Crippen LogP contribution in [0.5, 0.6) is 5.75 Å². The number of methoxy groups -OCH3 is 1. The van der Waals surface area contributed by atoms with Crippen LogP contribution in [-0.4, -0.2) is 13.1 Å². The summed E-state index contributed by atoms with van der Waals surface area (Å²) >= 11 is 6.00. The monoisotopic (exact) mass is 358 g/mol. The molecule has 2 aromatic carbocycles. The molecule has 4 nitrogen and oxygen atoms in total. The Kier molecular flexibility index (Phi) is 5.49. The van der Waals surface area contributed by atoms with E-state index in [2.05, 4.69) is 28.8 Å². The number of amides is 2. The number of halogens is 1. The van der Waals surface area contributed by atoms with Crippen molar-refractivity contribution in [1.82, 2.24) is 5.32 Å². The third-order valence-corrected chi connectivity index (χ3v) is 4.86. The predicted molar refractivity (Wildman–Crippen MR) is 102 cm³/mol. The lowest BCUT2D eigenvalue weighted by Crippen LogP contribution is -2.31. The number of carbonyl (C=O) groups excluding carboxylic acids is 1. The van der Waals surface area contributed by atoms with Crippen molar-refractivity contribution in [3.63, 3.8) is 0 Å². The lowest BCUT2D eigenvalue weighted by molar-refractivity contribution is 0.249. The van der Waals surface area contributed by atoms with Crippen LogP contribution in [0.1, 0.15) is 42.5 Å². The molecule has 0 saturated carbocycles. The van der Waals surface area contributed by atoms with E-state index in [-0.39, 0.29) is 12.1 Å². The van der Waals surface area contributed by atoms with Crippen LogP contribution in [-0.2, 0) is 12.8 Å². The first-order valence-corrected chi connectivity index (χ1v) is 8.97. The van der Waals surface area contributed by atoms with Gasteiger partial charge in [-0.05, 0) is 67.5 Å². The van der Waals surface area contributed by atoms with Gasteiger partial charge in [0.2, 0.25) is 0 Å². The van der Waals surface area contributed by atoms with E-state index in [4.69, 9.17) is 16.3 Å². The van der Waals surface area contributed by atoms with E-state index in [0.29, 0.717) is 16.5 Å². The number of fused-ring (bicyclic) bond motifs is 1. The molecule has 0 heterocycles. The van der Waals surface area contributed by atoms with Gasteiger partial charge in [-0.2, -0.15) is 0 Å². The second kappa shape index (κ2) is 7.79. The molecular weight excluding hydrogens is 336 g/mol. The van der Waals surface area contributed by atoms with Crippen LogP contribution in [0.3, 0.4) is 0 Å². The number of benzene rings is 2. The second-order valence-corrected chi connectivity index (χ2v) is 6.84. The molecule has 0 fully saturated rings. The van der Waals surface area contributed by atoms with Gasteiger partial charge in [0.1, 0.15) is 5.75 Å². The van der Waals surface area contributed by atoms with E-state index in [1.54, 1.807) is 25.3 Å². The smallest absolute Gasteiger partial charge is 0.319 e. The average Bonchev–Trinajstić information content (AvgIpc) is 2.61. The van der Waals surface area contributed by atoms with Gasteiger partial charge in [-0.3, -0.25) is 0 Å². The van der Waals surface area contributed by atoms with Crippen molar-refractivity contribution in [3.05, 3.63) is 58.1 Å². The van der Waals surface area contributed by atoms with Gasteiger partial charge in [-0.25, -0.2) is 4.79 Å². The summed E-state index contributed by atoms with van der Waals surface area (Å²) < 4.78 is 5.25. The standard InChI is InChI=1S/C20H23ClN2O2/c1-13(15-8-7-14-5-3-4-6-16(14)11-15)22-20(24)23-18-12-17(21)9-10-19(18)25-2/h7-13H,3-6H2,1-2H3,(H2,22,23,24). The fourth-order valence-electron chi connectivity index (χ4n) is 3.24. The Morgan fingerprint density at radius 3 is 2.64 bits per heavy atom. The Labute approximate surface area is 153 Å². The van der Waals surface area contributed by atoms with E-state index >= 15 is 0 Å². The molecular formula is C20H23ClN2O2. The summed E-state index contributed by atoms with van der Waals surface area (Å²) in [5.74, 6) is 0.570. The SMILES string of the molecule is COc1ccc(Cl)cc1NC(=O)NC(C)c1ccc2c(c1)CCCC2. The number of rotatable bonds is 4. The molecule has 1 aliphatic carbocycles. The maximum absolute atomic E-state index is 12.3. The van der Waals surface area contributed by atoms with Crippen molar-refractivity contribution in [1.29, 1.82) is 0 Å². The van der Waals surface area contributed by atoms with Crippen LogP contribution < -0.4 is 15.4 Å². The number of hydrogen-bond donors (Lipinski definition) is 2. The first kappa shape index (κ1) is 17.6.